The maximum atomic E-state index is 12.9. The molecular weight excluding hydrogens is 380 g/mol. The summed E-state index contributed by atoms with van der Waals surface area (Å²) in [5.74, 6) is 2.60. The lowest BCUT2D eigenvalue weighted by molar-refractivity contribution is -0.131. The van der Waals surface area contributed by atoms with E-state index in [0.717, 1.165) is 42.2 Å². The van der Waals surface area contributed by atoms with E-state index < -0.39 is 0 Å². The van der Waals surface area contributed by atoms with Crippen LogP contribution in [0.2, 0.25) is 0 Å². The quantitative estimate of drug-likeness (QED) is 0.697. The Kier molecular flexibility index (Phi) is 6.43. The minimum absolute atomic E-state index is 0.133. The van der Waals surface area contributed by atoms with Gasteiger partial charge in [0, 0.05) is 19.6 Å². The summed E-state index contributed by atoms with van der Waals surface area (Å²) in [6.45, 7) is 5.74. The van der Waals surface area contributed by atoms with Crippen molar-refractivity contribution in [1.29, 1.82) is 0 Å². The molecule has 0 aromatic heterocycles. The molecule has 2 aliphatic heterocycles. The highest BCUT2D eigenvalue weighted by atomic mass is 16.6. The molecule has 0 saturated carbocycles. The molecule has 6 nitrogen and oxygen atoms in total. The second-order valence-corrected chi connectivity index (χ2v) is 7.86. The Bertz CT molecular complexity index is 868. The molecule has 2 aromatic rings. The minimum Gasteiger partial charge on any atom is -0.494 e. The zero-order chi connectivity index (χ0) is 20.9. The highest BCUT2D eigenvalue weighted by molar-refractivity contribution is 5.78. The summed E-state index contributed by atoms with van der Waals surface area (Å²) in [5.41, 5.74) is 2.29. The van der Waals surface area contributed by atoms with E-state index in [1.54, 1.807) is 4.90 Å². The van der Waals surface area contributed by atoms with Gasteiger partial charge in [-0.15, -0.1) is 0 Å². The molecule has 0 unspecified atom stereocenters. The number of benzene rings is 2. The number of ether oxygens (including phenoxy) is 3. The molecule has 160 valence electrons. The lowest BCUT2D eigenvalue weighted by atomic mass is 10.0. The van der Waals surface area contributed by atoms with E-state index in [1.807, 2.05) is 44.3 Å². The average molecular weight is 411 g/mol. The van der Waals surface area contributed by atoms with Crippen LogP contribution >= 0.6 is 0 Å². The van der Waals surface area contributed by atoms with Gasteiger partial charge in [0.2, 0.25) is 5.91 Å². The molecule has 0 aliphatic carbocycles. The Morgan fingerprint density at radius 3 is 2.67 bits per heavy atom. The fourth-order valence-electron chi connectivity index (χ4n) is 4.17. The van der Waals surface area contributed by atoms with Crippen molar-refractivity contribution in [2.45, 2.75) is 32.4 Å². The van der Waals surface area contributed by atoms with Crippen molar-refractivity contribution in [2.75, 3.05) is 40.0 Å². The third-order valence-electron chi connectivity index (χ3n) is 5.73. The molecule has 6 heteroatoms. The maximum absolute atomic E-state index is 12.9. The molecule has 0 N–H and O–H groups in total. The van der Waals surface area contributed by atoms with Gasteiger partial charge < -0.3 is 19.1 Å². The van der Waals surface area contributed by atoms with E-state index >= 15 is 0 Å². The van der Waals surface area contributed by atoms with E-state index in [-0.39, 0.29) is 11.9 Å². The Morgan fingerprint density at radius 1 is 1.13 bits per heavy atom. The number of nitrogens with zero attached hydrogens (tertiary/aromatic N) is 2. The Morgan fingerprint density at radius 2 is 1.90 bits per heavy atom. The van der Waals surface area contributed by atoms with Crippen molar-refractivity contribution in [3.63, 3.8) is 0 Å². The first kappa shape index (κ1) is 20.5. The van der Waals surface area contributed by atoms with Crippen LogP contribution in [0.5, 0.6) is 17.2 Å². The summed E-state index contributed by atoms with van der Waals surface area (Å²) in [6, 6.07) is 14.3. The van der Waals surface area contributed by atoms with E-state index in [2.05, 4.69) is 17.0 Å². The predicted molar refractivity (Wildman–Crippen MR) is 115 cm³/mol. The lowest BCUT2D eigenvalue weighted by Gasteiger charge is -2.28. The largest absolute Gasteiger partial charge is 0.494 e. The van der Waals surface area contributed by atoms with Crippen molar-refractivity contribution >= 4 is 5.91 Å². The van der Waals surface area contributed by atoms with Crippen molar-refractivity contribution in [2.24, 2.45) is 0 Å². The van der Waals surface area contributed by atoms with Gasteiger partial charge in [0.1, 0.15) is 19.0 Å². The van der Waals surface area contributed by atoms with E-state index in [4.69, 9.17) is 14.2 Å². The molecule has 1 atom stereocenters. The first-order valence-electron chi connectivity index (χ1n) is 10.7. The summed E-state index contributed by atoms with van der Waals surface area (Å²) in [4.78, 5) is 17.0. The molecule has 30 heavy (non-hydrogen) atoms. The van der Waals surface area contributed by atoms with Gasteiger partial charge in [-0.05, 0) is 61.7 Å². The highest BCUT2D eigenvalue weighted by Gasteiger charge is 2.29. The van der Waals surface area contributed by atoms with E-state index in [1.165, 1.54) is 5.56 Å². The fourth-order valence-corrected chi connectivity index (χ4v) is 4.17. The zero-order valence-corrected chi connectivity index (χ0v) is 17.8. The number of hydrogen-bond donors (Lipinski definition) is 0. The van der Waals surface area contributed by atoms with Gasteiger partial charge in [0.25, 0.3) is 0 Å². The van der Waals surface area contributed by atoms with Crippen molar-refractivity contribution < 1.29 is 19.0 Å². The molecule has 1 fully saturated rings. The third-order valence-corrected chi connectivity index (χ3v) is 5.73. The van der Waals surface area contributed by atoms with Gasteiger partial charge in [-0.1, -0.05) is 18.2 Å². The highest BCUT2D eigenvalue weighted by Crippen LogP contribution is 2.38. The van der Waals surface area contributed by atoms with Gasteiger partial charge in [0.15, 0.2) is 11.5 Å². The van der Waals surface area contributed by atoms with Gasteiger partial charge in [-0.3, -0.25) is 9.69 Å². The number of amides is 1. The second-order valence-electron chi connectivity index (χ2n) is 7.86. The Balaban J connectivity index is 1.37. The average Bonchev–Trinajstić information content (AvgIpc) is 3.23. The van der Waals surface area contributed by atoms with E-state index in [0.29, 0.717) is 32.9 Å². The molecule has 1 amide bonds. The van der Waals surface area contributed by atoms with Crippen LogP contribution in [0.4, 0.5) is 0 Å². The minimum atomic E-state index is 0.133. The number of carbonyl (C=O) groups is 1. The molecule has 2 aliphatic rings. The summed E-state index contributed by atoms with van der Waals surface area (Å²) in [6.07, 6.45) is 2.14. The van der Waals surface area contributed by atoms with Crippen LogP contribution in [0.1, 0.15) is 36.9 Å². The number of likely N-dealkylation sites (tertiary alicyclic amines) is 1. The molecule has 0 bridgehead atoms. The third kappa shape index (κ3) is 4.70. The lowest BCUT2D eigenvalue weighted by Crippen LogP contribution is -2.37. The molecule has 4 rings (SSSR count). The maximum Gasteiger partial charge on any atom is 0.236 e. The summed E-state index contributed by atoms with van der Waals surface area (Å²) in [7, 11) is 1.87. The normalized spacial score (nSPS) is 18.3. The van der Waals surface area contributed by atoms with Crippen LogP contribution < -0.4 is 14.2 Å². The molecule has 2 aromatic carbocycles. The molecule has 0 radical (unpaired) electrons. The predicted octanol–water partition coefficient (Wildman–Crippen LogP) is 3.65. The molecule has 2 heterocycles. The van der Waals surface area contributed by atoms with Crippen molar-refractivity contribution in [1.82, 2.24) is 9.80 Å². The summed E-state index contributed by atoms with van der Waals surface area (Å²) >= 11 is 0. The zero-order valence-electron chi connectivity index (χ0n) is 17.8. The number of carbonyl (C=O) groups excluding carboxylic acids is 1. The standard InChI is InChI=1S/C24H30N2O4/c1-3-28-20-9-6-18(7-10-20)16-25(2)24(27)17-26-12-4-5-21(26)19-8-11-22-23(15-19)30-14-13-29-22/h6-11,15,21H,3-5,12-14,16-17H2,1-2H3/t21-/m0/s1. The number of fused-ring (bicyclic) bond motifs is 1. The topological polar surface area (TPSA) is 51.2 Å². The number of likely N-dealkylation sites (N-methyl/N-ethyl adjacent to an activating group) is 1. The van der Waals surface area contributed by atoms with Crippen molar-refractivity contribution in [3.05, 3.63) is 53.6 Å². The van der Waals surface area contributed by atoms with Gasteiger partial charge >= 0.3 is 0 Å². The summed E-state index contributed by atoms with van der Waals surface area (Å²) < 4.78 is 16.9. The first-order chi connectivity index (χ1) is 14.6. The van der Waals surface area contributed by atoms with E-state index in [9.17, 15) is 4.79 Å². The Labute approximate surface area is 178 Å². The van der Waals surface area contributed by atoms with Crippen LogP contribution in [-0.4, -0.2) is 55.7 Å². The molecular formula is C24H30N2O4. The first-order valence-corrected chi connectivity index (χ1v) is 10.7. The monoisotopic (exact) mass is 410 g/mol. The van der Waals surface area contributed by atoms with Crippen LogP contribution in [0.3, 0.4) is 0 Å². The van der Waals surface area contributed by atoms with Crippen LogP contribution in [0, 0.1) is 0 Å². The van der Waals surface area contributed by atoms with Crippen LogP contribution in [-0.2, 0) is 11.3 Å². The Hall–Kier alpha value is -2.73. The summed E-state index contributed by atoms with van der Waals surface area (Å²) in [5, 5.41) is 0. The van der Waals surface area contributed by atoms with Gasteiger partial charge in [-0.2, -0.15) is 0 Å². The molecule has 0 spiro atoms. The fraction of sp³-hybridized carbons (Fsp3) is 0.458. The number of hydrogen-bond acceptors (Lipinski definition) is 5. The van der Waals surface area contributed by atoms with Gasteiger partial charge in [0.05, 0.1) is 13.2 Å². The van der Waals surface area contributed by atoms with Crippen LogP contribution in [0.25, 0.3) is 0 Å². The smallest absolute Gasteiger partial charge is 0.236 e. The van der Waals surface area contributed by atoms with Gasteiger partial charge in [-0.25, -0.2) is 0 Å². The second kappa shape index (κ2) is 9.39. The SMILES string of the molecule is CCOc1ccc(CN(C)C(=O)CN2CCC[C@H]2c2ccc3c(c2)OCCO3)cc1. The molecule has 1 saturated heterocycles. The number of rotatable bonds is 7. The van der Waals surface area contributed by atoms with Crippen molar-refractivity contribution in [3.8, 4) is 17.2 Å². The van der Waals surface area contributed by atoms with Crippen LogP contribution in [0.15, 0.2) is 42.5 Å².